The zero-order valence-corrected chi connectivity index (χ0v) is 17.8. The van der Waals surface area contributed by atoms with Gasteiger partial charge in [-0.3, -0.25) is 4.79 Å². The number of rotatable bonds is 4. The summed E-state index contributed by atoms with van der Waals surface area (Å²) in [4.78, 5) is 13.4. The van der Waals surface area contributed by atoms with Crippen molar-refractivity contribution in [2.45, 2.75) is 13.1 Å². The SMILES string of the molecule is Cc1ccc(-c2csc(C(=O)Nc3ccc(Cl)c(C(F)(F)F)c3)c2-n2cccc2)cc1. The number of carbonyl (C=O) groups is 1. The van der Waals surface area contributed by atoms with E-state index in [-0.39, 0.29) is 5.69 Å². The quantitative estimate of drug-likeness (QED) is 0.337. The smallest absolute Gasteiger partial charge is 0.322 e. The van der Waals surface area contributed by atoms with Crippen LogP contribution < -0.4 is 5.32 Å². The van der Waals surface area contributed by atoms with Crippen LogP contribution in [0.2, 0.25) is 5.02 Å². The van der Waals surface area contributed by atoms with Crippen LogP contribution in [0.25, 0.3) is 16.8 Å². The molecule has 158 valence electrons. The summed E-state index contributed by atoms with van der Waals surface area (Å²) in [5, 5.41) is 4.03. The molecule has 0 saturated heterocycles. The normalized spacial score (nSPS) is 11.5. The lowest BCUT2D eigenvalue weighted by atomic mass is 10.0. The number of aryl methyl sites for hydroxylation is 1. The van der Waals surface area contributed by atoms with Crippen LogP contribution in [0.5, 0.6) is 0 Å². The monoisotopic (exact) mass is 460 g/mol. The summed E-state index contributed by atoms with van der Waals surface area (Å²) in [6.07, 6.45) is -0.975. The summed E-state index contributed by atoms with van der Waals surface area (Å²) in [6, 6.07) is 14.9. The molecule has 3 nitrogen and oxygen atoms in total. The molecule has 0 aliphatic rings. The van der Waals surface area contributed by atoms with E-state index in [0.29, 0.717) is 10.6 Å². The fourth-order valence-electron chi connectivity index (χ4n) is 3.20. The average molecular weight is 461 g/mol. The first-order valence-corrected chi connectivity index (χ1v) is 10.5. The van der Waals surface area contributed by atoms with Gasteiger partial charge >= 0.3 is 6.18 Å². The third-order valence-corrected chi connectivity index (χ3v) is 6.02. The number of nitrogens with zero attached hydrogens (tertiary/aromatic N) is 1. The van der Waals surface area contributed by atoms with E-state index in [2.05, 4.69) is 5.32 Å². The van der Waals surface area contributed by atoms with Crippen molar-refractivity contribution in [3.8, 4) is 16.8 Å². The molecule has 0 bridgehead atoms. The molecule has 31 heavy (non-hydrogen) atoms. The van der Waals surface area contributed by atoms with Crippen molar-refractivity contribution in [2.24, 2.45) is 0 Å². The first-order chi connectivity index (χ1) is 14.7. The second-order valence-corrected chi connectivity index (χ2v) is 8.22. The second kappa shape index (κ2) is 8.24. The summed E-state index contributed by atoms with van der Waals surface area (Å²) in [5.74, 6) is -0.498. The zero-order chi connectivity index (χ0) is 22.2. The lowest BCUT2D eigenvalue weighted by molar-refractivity contribution is -0.137. The van der Waals surface area contributed by atoms with Gasteiger partial charge in [0.25, 0.3) is 5.91 Å². The van der Waals surface area contributed by atoms with Crippen molar-refractivity contribution in [3.05, 3.63) is 93.4 Å². The largest absolute Gasteiger partial charge is 0.417 e. The number of thiophene rings is 1. The minimum atomic E-state index is -4.62. The van der Waals surface area contributed by atoms with Gasteiger partial charge in [-0.1, -0.05) is 41.4 Å². The maximum Gasteiger partial charge on any atom is 0.417 e. The first kappa shape index (κ1) is 21.2. The Labute approximate surface area is 185 Å². The summed E-state index contributed by atoms with van der Waals surface area (Å²) >= 11 is 6.91. The van der Waals surface area contributed by atoms with E-state index < -0.39 is 22.7 Å². The number of carbonyl (C=O) groups excluding carboxylic acids is 1. The van der Waals surface area contributed by atoms with Crippen LogP contribution in [-0.4, -0.2) is 10.5 Å². The molecular weight excluding hydrogens is 445 g/mol. The van der Waals surface area contributed by atoms with Gasteiger partial charge in [-0.05, 0) is 42.8 Å². The van der Waals surface area contributed by atoms with Gasteiger partial charge in [-0.2, -0.15) is 13.2 Å². The number of hydrogen-bond acceptors (Lipinski definition) is 2. The molecule has 0 unspecified atom stereocenters. The number of halogens is 4. The molecule has 2 aromatic heterocycles. The molecule has 0 aliphatic carbocycles. The molecular formula is C23H16ClF3N2OS. The number of nitrogens with one attached hydrogen (secondary N) is 1. The van der Waals surface area contributed by atoms with Gasteiger partial charge in [-0.15, -0.1) is 11.3 Å². The summed E-state index contributed by atoms with van der Waals surface area (Å²) in [6.45, 7) is 1.99. The summed E-state index contributed by atoms with van der Waals surface area (Å²) in [7, 11) is 0. The third kappa shape index (κ3) is 4.38. The van der Waals surface area contributed by atoms with Gasteiger partial charge in [0.1, 0.15) is 4.88 Å². The van der Waals surface area contributed by atoms with E-state index in [0.717, 1.165) is 28.8 Å². The molecule has 0 atom stereocenters. The average Bonchev–Trinajstić information content (AvgIpc) is 3.38. The van der Waals surface area contributed by atoms with E-state index in [1.165, 1.54) is 17.4 Å². The van der Waals surface area contributed by atoms with E-state index in [4.69, 9.17) is 11.6 Å². The van der Waals surface area contributed by atoms with Crippen LogP contribution in [0.3, 0.4) is 0 Å². The van der Waals surface area contributed by atoms with Gasteiger partial charge < -0.3 is 9.88 Å². The zero-order valence-electron chi connectivity index (χ0n) is 16.2. The van der Waals surface area contributed by atoms with Crippen molar-refractivity contribution in [1.82, 2.24) is 4.57 Å². The van der Waals surface area contributed by atoms with Crippen LogP contribution in [0.1, 0.15) is 20.8 Å². The molecule has 4 rings (SSSR count). The first-order valence-electron chi connectivity index (χ1n) is 9.24. The molecule has 0 spiro atoms. The van der Waals surface area contributed by atoms with Crippen LogP contribution in [0.15, 0.2) is 72.4 Å². The van der Waals surface area contributed by atoms with Crippen molar-refractivity contribution in [1.29, 1.82) is 0 Å². The van der Waals surface area contributed by atoms with E-state index >= 15 is 0 Å². The van der Waals surface area contributed by atoms with Crippen LogP contribution >= 0.6 is 22.9 Å². The Morgan fingerprint density at radius 3 is 2.39 bits per heavy atom. The van der Waals surface area contributed by atoms with Crippen molar-refractivity contribution in [3.63, 3.8) is 0 Å². The molecule has 0 saturated carbocycles. The fourth-order valence-corrected chi connectivity index (χ4v) is 4.39. The second-order valence-electron chi connectivity index (χ2n) is 6.93. The number of benzene rings is 2. The highest BCUT2D eigenvalue weighted by Gasteiger charge is 2.33. The number of alkyl halides is 3. The van der Waals surface area contributed by atoms with Crippen molar-refractivity contribution in [2.75, 3.05) is 5.32 Å². The third-order valence-electron chi connectivity index (χ3n) is 4.73. The Kier molecular flexibility index (Phi) is 5.64. The Balaban J connectivity index is 1.73. The molecule has 2 aromatic carbocycles. The molecule has 8 heteroatoms. The minimum absolute atomic E-state index is 0.0190. The Morgan fingerprint density at radius 2 is 1.74 bits per heavy atom. The molecule has 0 radical (unpaired) electrons. The fraction of sp³-hybridized carbons (Fsp3) is 0.0870. The van der Waals surface area contributed by atoms with E-state index in [9.17, 15) is 18.0 Å². The van der Waals surface area contributed by atoms with Gasteiger partial charge in [0, 0.05) is 29.0 Å². The highest BCUT2D eigenvalue weighted by molar-refractivity contribution is 7.13. The standard InChI is InChI=1S/C23H16ClF3N2OS/c1-14-4-6-15(7-5-14)17-13-31-21(20(17)29-10-2-3-11-29)22(30)28-16-8-9-19(24)18(12-16)23(25,26)27/h2-13H,1H3,(H,28,30). The molecule has 1 N–H and O–H groups in total. The number of hydrogen-bond donors (Lipinski definition) is 1. The maximum atomic E-state index is 13.2. The van der Waals surface area contributed by atoms with Gasteiger partial charge in [0.05, 0.1) is 16.3 Å². The van der Waals surface area contributed by atoms with E-state index in [1.54, 1.807) is 0 Å². The maximum absolute atomic E-state index is 13.2. The van der Waals surface area contributed by atoms with Crippen LogP contribution in [0.4, 0.5) is 18.9 Å². The Morgan fingerprint density at radius 1 is 1.06 bits per heavy atom. The minimum Gasteiger partial charge on any atom is -0.322 e. The van der Waals surface area contributed by atoms with Crippen molar-refractivity contribution >= 4 is 34.5 Å². The predicted octanol–water partition coefficient (Wildman–Crippen LogP) is 7.44. The van der Waals surface area contributed by atoms with Crippen molar-refractivity contribution < 1.29 is 18.0 Å². The lowest BCUT2D eigenvalue weighted by Gasteiger charge is -2.13. The molecule has 0 fully saturated rings. The topological polar surface area (TPSA) is 34.0 Å². The predicted molar refractivity (Wildman–Crippen MR) is 118 cm³/mol. The summed E-state index contributed by atoms with van der Waals surface area (Å²) < 4.78 is 41.3. The number of amides is 1. The summed E-state index contributed by atoms with van der Waals surface area (Å²) in [5.41, 5.74) is 2.60. The highest BCUT2D eigenvalue weighted by Crippen LogP contribution is 2.38. The van der Waals surface area contributed by atoms with Crippen LogP contribution in [0, 0.1) is 6.92 Å². The molecule has 4 aromatic rings. The molecule has 0 aliphatic heterocycles. The van der Waals surface area contributed by atoms with Gasteiger partial charge in [-0.25, -0.2) is 0 Å². The number of anilines is 1. The Hall–Kier alpha value is -3.03. The Bertz CT molecular complexity index is 1230. The van der Waals surface area contributed by atoms with Gasteiger partial charge in [0.15, 0.2) is 0 Å². The highest BCUT2D eigenvalue weighted by atomic mass is 35.5. The molecule has 1 amide bonds. The lowest BCUT2D eigenvalue weighted by Crippen LogP contribution is -2.14. The molecule has 2 heterocycles. The van der Waals surface area contributed by atoms with E-state index in [1.807, 2.05) is 65.7 Å². The van der Waals surface area contributed by atoms with Gasteiger partial charge in [0.2, 0.25) is 0 Å². The number of aromatic nitrogens is 1. The van der Waals surface area contributed by atoms with Crippen LogP contribution in [-0.2, 0) is 6.18 Å².